The summed E-state index contributed by atoms with van der Waals surface area (Å²) in [6.07, 6.45) is 2.40. The van der Waals surface area contributed by atoms with Crippen molar-refractivity contribution in [1.82, 2.24) is 4.90 Å². The molecule has 5 nitrogen and oxygen atoms in total. The maximum absolute atomic E-state index is 12.3. The van der Waals surface area contributed by atoms with Gasteiger partial charge in [0.2, 0.25) is 5.91 Å². The Morgan fingerprint density at radius 2 is 1.90 bits per heavy atom. The summed E-state index contributed by atoms with van der Waals surface area (Å²) in [6, 6.07) is 7.87. The second kappa shape index (κ2) is 6.35. The molecule has 0 bridgehead atoms. The molecule has 21 heavy (non-hydrogen) atoms. The average molecular weight is 287 g/mol. The predicted octanol–water partition coefficient (Wildman–Crippen LogP) is 1.89. The number of hydrogen-bond acceptors (Lipinski definition) is 3. The molecule has 1 heterocycles. The third kappa shape index (κ3) is 3.37. The quantitative estimate of drug-likeness (QED) is 0.678. The molecule has 0 unspecified atom stereocenters. The van der Waals surface area contributed by atoms with Crippen molar-refractivity contribution in [3.8, 4) is 0 Å². The number of benzene rings is 1. The van der Waals surface area contributed by atoms with Crippen LogP contribution in [0, 0.1) is 0 Å². The van der Waals surface area contributed by atoms with Crippen LogP contribution in [-0.2, 0) is 9.59 Å². The number of carbonyl (C=O) groups excluding carboxylic acids is 2. The van der Waals surface area contributed by atoms with Crippen LogP contribution in [0.4, 0.5) is 0 Å². The summed E-state index contributed by atoms with van der Waals surface area (Å²) < 4.78 is 0. The highest BCUT2D eigenvalue weighted by molar-refractivity contribution is 6.09. The third-order valence-corrected chi connectivity index (χ3v) is 3.54. The van der Waals surface area contributed by atoms with Crippen molar-refractivity contribution in [2.45, 2.75) is 25.8 Å². The summed E-state index contributed by atoms with van der Waals surface area (Å²) in [7, 11) is 0. The minimum atomic E-state index is -0.997. The monoisotopic (exact) mass is 287 g/mol. The van der Waals surface area contributed by atoms with Crippen molar-refractivity contribution in [2.24, 2.45) is 0 Å². The number of carboxylic acid groups (broad SMARTS) is 1. The van der Waals surface area contributed by atoms with E-state index in [1.165, 1.54) is 11.0 Å². The van der Waals surface area contributed by atoms with Crippen LogP contribution in [0.5, 0.6) is 0 Å². The second-order valence-corrected chi connectivity index (χ2v) is 5.05. The molecule has 1 aliphatic rings. The van der Waals surface area contributed by atoms with E-state index in [-0.39, 0.29) is 17.3 Å². The van der Waals surface area contributed by atoms with Gasteiger partial charge in [0.05, 0.1) is 0 Å². The normalized spacial score (nSPS) is 18.6. The molecule has 2 rings (SSSR count). The van der Waals surface area contributed by atoms with Crippen molar-refractivity contribution >= 4 is 17.7 Å². The van der Waals surface area contributed by atoms with Gasteiger partial charge in [0.25, 0.3) is 0 Å². The van der Waals surface area contributed by atoms with Gasteiger partial charge in [-0.2, -0.15) is 0 Å². The Kier molecular flexibility index (Phi) is 4.52. The van der Waals surface area contributed by atoms with Crippen LogP contribution in [0.15, 0.2) is 42.0 Å². The Morgan fingerprint density at radius 3 is 2.52 bits per heavy atom. The van der Waals surface area contributed by atoms with Gasteiger partial charge in [-0.25, -0.2) is 4.79 Å². The lowest BCUT2D eigenvalue weighted by Gasteiger charge is -2.21. The molecule has 110 valence electrons. The maximum atomic E-state index is 12.3. The lowest BCUT2D eigenvalue weighted by atomic mass is 10.1. The van der Waals surface area contributed by atoms with Crippen LogP contribution in [0.25, 0.3) is 0 Å². The zero-order chi connectivity index (χ0) is 15.4. The molecule has 1 N–H and O–H groups in total. The van der Waals surface area contributed by atoms with E-state index in [4.69, 9.17) is 5.11 Å². The fraction of sp³-hybridized carbons (Fsp3) is 0.312. The smallest absolute Gasteiger partial charge is 0.326 e. The van der Waals surface area contributed by atoms with Gasteiger partial charge < -0.3 is 10.0 Å². The zero-order valence-corrected chi connectivity index (χ0v) is 11.8. The van der Waals surface area contributed by atoms with Crippen molar-refractivity contribution < 1.29 is 19.5 Å². The highest BCUT2D eigenvalue weighted by Crippen LogP contribution is 2.20. The number of aliphatic carboxylic acids is 1. The molecule has 1 aromatic carbocycles. The van der Waals surface area contributed by atoms with Gasteiger partial charge in [-0.3, -0.25) is 9.59 Å². The molecule has 1 amide bonds. The van der Waals surface area contributed by atoms with Gasteiger partial charge in [-0.05, 0) is 25.8 Å². The van der Waals surface area contributed by atoms with Crippen LogP contribution in [0.2, 0.25) is 0 Å². The largest absolute Gasteiger partial charge is 0.480 e. The van der Waals surface area contributed by atoms with E-state index in [1.54, 1.807) is 37.3 Å². The van der Waals surface area contributed by atoms with Gasteiger partial charge in [-0.1, -0.05) is 30.3 Å². The molecule has 0 spiro atoms. The highest BCUT2D eigenvalue weighted by atomic mass is 16.4. The summed E-state index contributed by atoms with van der Waals surface area (Å²) in [4.78, 5) is 36.7. The predicted molar refractivity (Wildman–Crippen MR) is 76.9 cm³/mol. The van der Waals surface area contributed by atoms with E-state index in [9.17, 15) is 14.4 Å². The van der Waals surface area contributed by atoms with Gasteiger partial charge >= 0.3 is 5.97 Å². The number of likely N-dealkylation sites (tertiary alicyclic amines) is 1. The van der Waals surface area contributed by atoms with E-state index < -0.39 is 12.0 Å². The molecule has 0 saturated carbocycles. The van der Waals surface area contributed by atoms with E-state index in [1.807, 2.05) is 0 Å². The standard InChI is InChI=1S/C16H17NO4/c1-11(10-14(18)12-6-3-2-4-7-12)15(19)17-9-5-8-13(17)16(20)21/h2-4,6-7,10,13H,5,8-9H2,1H3,(H,20,21)/t13-/m0/s1. The van der Waals surface area contributed by atoms with Crippen LogP contribution in [0.1, 0.15) is 30.1 Å². The third-order valence-electron chi connectivity index (χ3n) is 3.54. The molecule has 0 aliphatic carbocycles. The number of allylic oxidation sites excluding steroid dienone is 1. The average Bonchev–Trinajstić information content (AvgIpc) is 2.96. The Hall–Kier alpha value is -2.43. The molecule has 1 aromatic rings. The minimum Gasteiger partial charge on any atom is -0.480 e. The number of hydrogen-bond donors (Lipinski definition) is 1. The highest BCUT2D eigenvalue weighted by Gasteiger charge is 2.34. The van der Waals surface area contributed by atoms with Crippen LogP contribution in [0.3, 0.4) is 0 Å². The van der Waals surface area contributed by atoms with Gasteiger partial charge in [-0.15, -0.1) is 0 Å². The number of carboxylic acids is 1. The first-order valence-electron chi connectivity index (χ1n) is 6.82. The molecular weight excluding hydrogens is 270 g/mol. The van der Waals surface area contributed by atoms with Gasteiger partial charge in [0.15, 0.2) is 5.78 Å². The number of rotatable bonds is 4. The zero-order valence-electron chi connectivity index (χ0n) is 11.8. The summed E-state index contributed by atoms with van der Waals surface area (Å²) in [6.45, 7) is 1.96. The van der Waals surface area contributed by atoms with E-state index >= 15 is 0 Å². The fourth-order valence-corrected chi connectivity index (χ4v) is 2.44. The number of ketones is 1. The van der Waals surface area contributed by atoms with Crippen molar-refractivity contribution in [3.05, 3.63) is 47.5 Å². The topological polar surface area (TPSA) is 74.7 Å². The molecule has 5 heteroatoms. The lowest BCUT2D eigenvalue weighted by Crippen LogP contribution is -2.40. The van der Waals surface area contributed by atoms with Crippen molar-refractivity contribution in [1.29, 1.82) is 0 Å². The lowest BCUT2D eigenvalue weighted by molar-refractivity contribution is -0.146. The SMILES string of the molecule is CC(=CC(=O)c1ccccc1)C(=O)N1CCC[C@H]1C(=O)O. The first kappa shape index (κ1) is 15.0. The van der Waals surface area contributed by atoms with Crippen LogP contribution in [-0.4, -0.2) is 40.3 Å². The Labute approximate surface area is 122 Å². The second-order valence-electron chi connectivity index (χ2n) is 5.05. The molecular formula is C16H17NO4. The molecule has 1 saturated heterocycles. The van der Waals surface area contributed by atoms with Crippen molar-refractivity contribution in [3.63, 3.8) is 0 Å². The first-order chi connectivity index (χ1) is 10.0. The van der Waals surface area contributed by atoms with Crippen molar-refractivity contribution in [2.75, 3.05) is 6.54 Å². The Balaban J connectivity index is 2.14. The number of amides is 1. The molecule has 0 radical (unpaired) electrons. The first-order valence-corrected chi connectivity index (χ1v) is 6.82. The van der Waals surface area contributed by atoms with Crippen LogP contribution >= 0.6 is 0 Å². The minimum absolute atomic E-state index is 0.257. The van der Waals surface area contributed by atoms with E-state index in [0.717, 1.165) is 0 Å². The molecule has 1 aliphatic heterocycles. The van der Waals surface area contributed by atoms with E-state index in [0.29, 0.717) is 24.9 Å². The maximum Gasteiger partial charge on any atom is 0.326 e. The molecule has 0 aromatic heterocycles. The number of carbonyl (C=O) groups is 3. The summed E-state index contributed by atoms with van der Waals surface area (Å²) in [5.41, 5.74) is 0.762. The van der Waals surface area contributed by atoms with E-state index in [2.05, 4.69) is 0 Å². The summed E-state index contributed by atoms with van der Waals surface area (Å²) in [5.74, 6) is -1.64. The fourth-order valence-electron chi connectivity index (χ4n) is 2.44. The van der Waals surface area contributed by atoms with Gasteiger partial charge in [0, 0.05) is 17.7 Å². The van der Waals surface area contributed by atoms with Gasteiger partial charge in [0.1, 0.15) is 6.04 Å². The van der Waals surface area contributed by atoms with Crippen LogP contribution < -0.4 is 0 Å². The Bertz CT molecular complexity index is 592. The summed E-state index contributed by atoms with van der Waals surface area (Å²) in [5, 5.41) is 9.09. The Morgan fingerprint density at radius 1 is 1.24 bits per heavy atom. The number of nitrogens with zero attached hydrogens (tertiary/aromatic N) is 1. The molecule has 1 atom stereocenters. The summed E-state index contributed by atoms with van der Waals surface area (Å²) >= 11 is 0. The molecule has 1 fully saturated rings.